The normalized spacial score (nSPS) is 22.2. The van der Waals surface area contributed by atoms with Crippen LogP contribution in [0.2, 0.25) is 5.15 Å². The number of nitrogens with one attached hydrogen (secondary N) is 2. The summed E-state index contributed by atoms with van der Waals surface area (Å²) in [7, 11) is 0. The van der Waals surface area contributed by atoms with E-state index in [-0.39, 0.29) is 45.8 Å². The molecule has 27 heavy (non-hydrogen) atoms. The summed E-state index contributed by atoms with van der Waals surface area (Å²) in [6.07, 6.45) is 2.15. The van der Waals surface area contributed by atoms with Gasteiger partial charge in [-0.05, 0) is 30.9 Å². The molecule has 1 aromatic carbocycles. The fourth-order valence-corrected chi connectivity index (χ4v) is 3.75. The Balaban J connectivity index is 1.56. The molecule has 1 saturated carbocycles. The maximum atomic E-state index is 14.3. The average Bonchev–Trinajstić information content (AvgIpc) is 3.48. The van der Waals surface area contributed by atoms with Gasteiger partial charge in [-0.15, -0.1) is 0 Å². The van der Waals surface area contributed by atoms with Crippen molar-refractivity contribution in [3.63, 3.8) is 0 Å². The second kappa shape index (κ2) is 6.89. The predicted octanol–water partition coefficient (Wildman–Crippen LogP) is 2.61. The van der Waals surface area contributed by atoms with Crippen LogP contribution in [0.4, 0.5) is 15.9 Å². The van der Waals surface area contributed by atoms with Crippen molar-refractivity contribution in [3.05, 3.63) is 57.6 Å². The van der Waals surface area contributed by atoms with Crippen LogP contribution < -0.4 is 10.4 Å². The van der Waals surface area contributed by atoms with Crippen molar-refractivity contribution in [1.82, 2.24) is 4.98 Å². The number of nitrogens with zero attached hydrogens (tertiary/aromatic N) is 2. The average molecular weight is 387 g/mol. The van der Waals surface area contributed by atoms with Gasteiger partial charge >= 0.3 is 0 Å². The number of rotatable bonds is 5. The van der Waals surface area contributed by atoms with Gasteiger partial charge in [0.05, 0.1) is 11.1 Å². The van der Waals surface area contributed by atoms with Crippen LogP contribution in [0.1, 0.15) is 35.2 Å². The first kappa shape index (κ1) is 17.9. The van der Waals surface area contributed by atoms with Crippen LogP contribution in [-0.2, 0) is 0 Å². The molecular weight excluding hydrogens is 371 g/mol. The van der Waals surface area contributed by atoms with Crippen LogP contribution in [0.25, 0.3) is 0 Å². The van der Waals surface area contributed by atoms with E-state index in [1.165, 1.54) is 0 Å². The first-order valence-electron chi connectivity index (χ1n) is 8.69. The number of carbonyl (C=O) groups excluding carboxylic acids is 1. The number of benzene rings is 1. The summed E-state index contributed by atoms with van der Waals surface area (Å²) in [6, 6.07) is 8.57. The monoisotopic (exact) mass is 386 g/mol. The summed E-state index contributed by atoms with van der Waals surface area (Å²) in [6.45, 7) is 0. The summed E-state index contributed by atoms with van der Waals surface area (Å²) in [5, 5.41) is 24.3. The zero-order chi connectivity index (χ0) is 19.1. The van der Waals surface area contributed by atoms with Gasteiger partial charge in [0.2, 0.25) is 5.78 Å². The lowest BCUT2D eigenvalue weighted by Gasteiger charge is -2.28. The molecule has 2 aromatic rings. The molecule has 0 amide bonds. The molecule has 2 aliphatic rings. The maximum Gasteiger partial charge on any atom is 0.226 e. The van der Waals surface area contributed by atoms with Crippen LogP contribution in [0, 0.1) is 28.3 Å². The van der Waals surface area contributed by atoms with Gasteiger partial charge in [0.15, 0.2) is 17.7 Å². The molecule has 0 radical (unpaired) electrons. The highest BCUT2D eigenvalue weighted by molar-refractivity contribution is 6.30. The molecule has 1 aliphatic heterocycles. The number of hydrogen-bond acceptors (Lipinski definition) is 5. The maximum absolute atomic E-state index is 14.3. The quantitative estimate of drug-likeness (QED) is 0.608. The highest BCUT2D eigenvalue weighted by Crippen LogP contribution is 2.37. The van der Waals surface area contributed by atoms with Gasteiger partial charge in [-0.25, -0.2) is 9.37 Å². The molecule has 4 rings (SSSR count). The molecule has 2 heterocycles. The molecule has 0 bridgehead atoms. The number of carbonyl (C=O) groups is 1. The molecule has 0 saturated heterocycles. The largest absolute Gasteiger partial charge is 0.628 e. The lowest BCUT2D eigenvalue weighted by Crippen LogP contribution is -3.05. The Bertz CT molecular complexity index is 957. The van der Waals surface area contributed by atoms with Crippen LogP contribution in [0.5, 0.6) is 0 Å². The van der Waals surface area contributed by atoms with Crippen molar-refractivity contribution < 1.29 is 14.2 Å². The van der Waals surface area contributed by atoms with Gasteiger partial charge in [-0.3, -0.25) is 4.79 Å². The van der Waals surface area contributed by atoms with E-state index < -0.39 is 11.9 Å². The lowest BCUT2D eigenvalue weighted by molar-refractivity contribution is -0.790. The van der Waals surface area contributed by atoms with Gasteiger partial charge in [0.25, 0.3) is 0 Å². The summed E-state index contributed by atoms with van der Waals surface area (Å²) in [5.74, 6) is -0.695. The molecule has 1 aliphatic carbocycles. The number of halogens is 2. The Morgan fingerprint density at radius 1 is 1.44 bits per heavy atom. The van der Waals surface area contributed by atoms with Gasteiger partial charge in [-0.1, -0.05) is 23.7 Å². The highest BCUT2D eigenvalue weighted by Gasteiger charge is 2.43. The van der Waals surface area contributed by atoms with Crippen LogP contribution in [0.15, 0.2) is 30.3 Å². The smallest absolute Gasteiger partial charge is 0.226 e. The number of nitriles is 1. The molecule has 3 unspecified atom stereocenters. The van der Waals surface area contributed by atoms with E-state index in [9.17, 15) is 14.4 Å². The summed E-state index contributed by atoms with van der Waals surface area (Å²) in [5.41, 5.74) is 0.861. The third kappa shape index (κ3) is 3.28. The Morgan fingerprint density at radius 3 is 2.85 bits per heavy atom. The highest BCUT2D eigenvalue weighted by atomic mass is 35.5. The summed E-state index contributed by atoms with van der Waals surface area (Å²) >= 11 is 5.91. The van der Waals surface area contributed by atoms with Crippen molar-refractivity contribution in [2.24, 2.45) is 5.92 Å². The zero-order valence-corrected chi connectivity index (χ0v) is 15.0. The van der Waals surface area contributed by atoms with E-state index in [4.69, 9.17) is 16.9 Å². The number of fused-ring (bicyclic) bond motifs is 1. The number of aromatic nitrogens is 1. The van der Waals surface area contributed by atoms with Crippen LogP contribution in [-0.4, -0.2) is 22.9 Å². The minimum atomic E-state index is -0.766. The molecule has 0 spiro atoms. The van der Waals surface area contributed by atoms with E-state index in [0.29, 0.717) is 11.3 Å². The number of ketones is 1. The van der Waals surface area contributed by atoms with Crippen LogP contribution >= 0.6 is 11.6 Å². The molecule has 138 valence electrons. The standard InChI is InChI=1S/C19H16ClFN4O2/c20-18-11(9-22)7-13(21)19(24-18)23-14(10-5-6-10)8-16-17(26)12-3-1-2-4-15(12)25(16)27/h1-4,7,10,14,16,25H,5-6,8H2,(H,23,24). The third-order valence-electron chi connectivity index (χ3n) is 5.14. The number of quaternary nitrogens is 1. The fraction of sp³-hybridized carbons (Fsp3) is 0.316. The fourth-order valence-electron chi connectivity index (χ4n) is 3.56. The second-order valence-electron chi connectivity index (χ2n) is 6.92. The number of anilines is 1. The number of hydroxylamine groups is 1. The van der Waals surface area contributed by atoms with Crippen LogP contribution in [0.3, 0.4) is 0 Å². The Labute approximate surface area is 160 Å². The molecule has 6 nitrogen and oxygen atoms in total. The Kier molecular flexibility index (Phi) is 4.56. The number of pyridine rings is 1. The van der Waals surface area contributed by atoms with E-state index in [1.807, 2.05) is 0 Å². The summed E-state index contributed by atoms with van der Waals surface area (Å²) in [4.78, 5) is 16.6. The SMILES string of the molecule is N#Cc1cc(F)c(NC(CC2C(=O)c3ccccc3[NH+]2[O-])C2CC2)nc1Cl. The topological polar surface area (TPSA) is 93.3 Å². The molecule has 2 N–H and O–H groups in total. The molecule has 1 fully saturated rings. The van der Waals surface area contributed by atoms with Crippen molar-refractivity contribution in [2.45, 2.75) is 31.3 Å². The number of para-hydroxylation sites is 1. The third-order valence-corrected chi connectivity index (χ3v) is 5.43. The van der Waals surface area contributed by atoms with Crippen molar-refractivity contribution in [2.75, 3.05) is 5.32 Å². The van der Waals surface area contributed by atoms with Gasteiger partial charge in [-0.2, -0.15) is 5.26 Å². The van der Waals surface area contributed by atoms with Crippen molar-refractivity contribution in [3.8, 4) is 6.07 Å². The Morgan fingerprint density at radius 2 is 2.19 bits per heavy atom. The van der Waals surface area contributed by atoms with E-state index in [2.05, 4.69) is 10.3 Å². The minimum absolute atomic E-state index is 0.0423. The van der Waals surface area contributed by atoms with Gasteiger partial charge < -0.3 is 15.6 Å². The second-order valence-corrected chi connectivity index (χ2v) is 7.28. The molecule has 8 heteroatoms. The lowest BCUT2D eigenvalue weighted by atomic mass is 9.99. The van der Waals surface area contributed by atoms with Gasteiger partial charge in [0.1, 0.15) is 16.9 Å². The van der Waals surface area contributed by atoms with Crippen molar-refractivity contribution in [1.29, 1.82) is 5.26 Å². The minimum Gasteiger partial charge on any atom is -0.628 e. The number of hydrogen-bond donors (Lipinski definition) is 2. The first-order valence-corrected chi connectivity index (χ1v) is 9.07. The molecule has 3 atom stereocenters. The molecule has 1 aromatic heterocycles. The van der Waals surface area contributed by atoms with Gasteiger partial charge in [0, 0.05) is 18.5 Å². The molecular formula is C19H16ClFN4O2. The number of Topliss-reactive ketones (excluding diaryl/α,β-unsaturated/α-hetero) is 1. The van der Waals surface area contributed by atoms with E-state index >= 15 is 0 Å². The van der Waals surface area contributed by atoms with E-state index in [0.717, 1.165) is 18.9 Å². The Hall–Kier alpha value is -2.53. The summed E-state index contributed by atoms with van der Waals surface area (Å²) < 4.78 is 14.3. The van der Waals surface area contributed by atoms with Crippen molar-refractivity contribution >= 4 is 28.9 Å². The predicted molar refractivity (Wildman–Crippen MR) is 97.2 cm³/mol. The van der Waals surface area contributed by atoms with E-state index in [1.54, 1.807) is 30.3 Å². The first-order chi connectivity index (χ1) is 13.0. The zero-order valence-electron chi connectivity index (χ0n) is 14.2.